The zero-order valence-corrected chi connectivity index (χ0v) is 10.1. The van der Waals surface area contributed by atoms with Gasteiger partial charge in [0.25, 0.3) is 0 Å². The van der Waals surface area contributed by atoms with Crippen LogP contribution < -0.4 is 10.2 Å². The van der Waals surface area contributed by atoms with Crippen LogP contribution in [0.5, 0.6) is 0 Å². The number of hydrogen-bond donors (Lipinski definition) is 2. The fraction of sp³-hybridized carbons (Fsp3) is 0.444. The van der Waals surface area contributed by atoms with Gasteiger partial charge < -0.3 is 5.32 Å². The highest BCUT2D eigenvalue weighted by molar-refractivity contribution is 7.16. The van der Waals surface area contributed by atoms with Crippen molar-refractivity contribution in [3.63, 3.8) is 0 Å². The third-order valence-electron chi connectivity index (χ3n) is 2.29. The van der Waals surface area contributed by atoms with Crippen molar-refractivity contribution in [1.82, 2.24) is 19.9 Å². The van der Waals surface area contributed by atoms with Gasteiger partial charge >= 0.3 is 4.87 Å². The molecule has 7 heteroatoms. The standard InChI is InChI=1S/C9H13N5OS/c1-5(14(2)3)11-8-10-4-6-7(12-8)13-9(15)16-6/h4-5H,1-3H3,(H2,10,11,12,13,15). The maximum atomic E-state index is 11.1. The summed E-state index contributed by atoms with van der Waals surface area (Å²) in [5.74, 6) is 0.516. The number of hydrogen-bond acceptors (Lipinski definition) is 6. The Morgan fingerprint density at radius 2 is 2.31 bits per heavy atom. The quantitative estimate of drug-likeness (QED) is 0.771. The Kier molecular flexibility index (Phi) is 2.88. The van der Waals surface area contributed by atoms with Crippen LogP contribution in [0.15, 0.2) is 11.0 Å². The van der Waals surface area contributed by atoms with E-state index in [1.807, 2.05) is 25.9 Å². The van der Waals surface area contributed by atoms with Crippen LogP contribution in [-0.2, 0) is 0 Å². The topological polar surface area (TPSA) is 73.9 Å². The van der Waals surface area contributed by atoms with E-state index in [1.165, 1.54) is 0 Å². The van der Waals surface area contributed by atoms with Crippen LogP contribution in [0.3, 0.4) is 0 Å². The second-order valence-electron chi connectivity index (χ2n) is 3.70. The van der Waals surface area contributed by atoms with Crippen molar-refractivity contribution in [1.29, 1.82) is 0 Å². The van der Waals surface area contributed by atoms with Crippen molar-refractivity contribution in [2.75, 3.05) is 19.4 Å². The molecule has 0 saturated carbocycles. The summed E-state index contributed by atoms with van der Waals surface area (Å²) in [5.41, 5.74) is 0.582. The molecule has 2 aromatic rings. The normalized spacial score (nSPS) is 13.2. The van der Waals surface area contributed by atoms with Gasteiger partial charge in [-0.05, 0) is 21.0 Å². The van der Waals surface area contributed by atoms with Gasteiger partial charge in [0.2, 0.25) is 5.95 Å². The number of H-pyrrole nitrogens is 1. The number of rotatable bonds is 3. The fourth-order valence-corrected chi connectivity index (χ4v) is 1.79. The van der Waals surface area contributed by atoms with E-state index in [-0.39, 0.29) is 11.0 Å². The summed E-state index contributed by atoms with van der Waals surface area (Å²) in [6.45, 7) is 2.00. The van der Waals surface area contributed by atoms with Crippen LogP contribution in [0.2, 0.25) is 0 Å². The molecule has 0 amide bonds. The molecule has 0 radical (unpaired) electrons. The smallest absolute Gasteiger partial charge is 0.306 e. The molecule has 86 valence electrons. The van der Waals surface area contributed by atoms with E-state index in [4.69, 9.17) is 0 Å². The SMILES string of the molecule is CC(Nc1ncc2sc(=O)[nH]c2n1)N(C)C. The predicted molar refractivity (Wildman–Crippen MR) is 64.8 cm³/mol. The molecule has 0 aliphatic carbocycles. The maximum absolute atomic E-state index is 11.1. The second kappa shape index (κ2) is 4.18. The average molecular weight is 239 g/mol. The Labute approximate surface area is 96.3 Å². The van der Waals surface area contributed by atoms with Crippen molar-refractivity contribution in [3.8, 4) is 0 Å². The summed E-state index contributed by atoms with van der Waals surface area (Å²) in [5, 5.41) is 3.13. The summed E-state index contributed by atoms with van der Waals surface area (Å²) in [6, 6.07) is 0. The van der Waals surface area contributed by atoms with E-state index < -0.39 is 0 Å². The first-order valence-corrected chi connectivity index (χ1v) is 5.67. The third-order valence-corrected chi connectivity index (χ3v) is 3.10. The van der Waals surface area contributed by atoms with Gasteiger partial charge in [0.1, 0.15) is 0 Å². The van der Waals surface area contributed by atoms with E-state index in [0.717, 1.165) is 16.0 Å². The lowest BCUT2D eigenvalue weighted by Gasteiger charge is -2.20. The van der Waals surface area contributed by atoms with E-state index >= 15 is 0 Å². The minimum Gasteiger partial charge on any atom is -0.339 e. The molecule has 2 aromatic heterocycles. The van der Waals surface area contributed by atoms with Gasteiger partial charge in [-0.15, -0.1) is 0 Å². The van der Waals surface area contributed by atoms with Gasteiger partial charge in [0.15, 0.2) is 5.65 Å². The number of thiazole rings is 1. The minimum atomic E-state index is -0.109. The van der Waals surface area contributed by atoms with Crippen LogP contribution in [-0.4, -0.2) is 40.1 Å². The molecule has 1 unspecified atom stereocenters. The fourth-order valence-electron chi connectivity index (χ4n) is 1.14. The van der Waals surface area contributed by atoms with Crippen LogP contribution in [0.25, 0.3) is 10.3 Å². The van der Waals surface area contributed by atoms with Crippen molar-refractivity contribution in [3.05, 3.63) is 15.9 Å². The number of aromatic amines is 1. The lowest BCUT2D eigenvalue weighted by atomic mass is 10.5. The Hall–Kier alpha value is -1.47. The molecular formula is C9H13N5OS. The van der Waals surface area contributed by atoms with E-state index in [2.05, 4.69) is 20.3 Å². The van der Waals surface area contributed by atoms with E-state index in [0.29, 0.717) is 11.6 Å². The van der Waals surface area contributed by atoms with Gasteiger partial charge in [-0.25, -0.2) is 4.98 Å². The molecule has 2 heterocycles. The summed E-state index contributed by atoms with van der Waals surface area (Å²) in [4.78, 5) is 24.0. The highest BCUT2D eigenvalue weighted by Crippen LogP contribution is 2.12. The molecule has 0 fully saturated rings. The lowest BCUT2D eigenvalue weighted by Crippen LogP contribution is -2.32. The Bertz CT molecular complexity index is 546. The van der Waals surface area contributed by atoms with Crippen molar-refractivity contribution in [2.45, 2.75) is 13.1 Å². The molecule has 2 N–H and O–H groups in total. The Balaban J connectivity index is 2.28. The molecule has 0 spiro atoms. The van der Waals surface area contributed by atoms with Gasteiger partial charge in [0, 0.05) is 0 Å². The molecule has 0 aliphatic rings. The maximum Gasteiger partial charge on any atom is 0.306 e. The molecule has 6 nitrogen and oxygen atoms in total. The number of nitrogens with one attached hydrogen (secondary N) is 2. The zero-order valence-electron chi connectivity index (χ0n) is 9.31. The highest BCUT2D eigenvalue weighted by Gasteiger charge is 2.07. The van der Waals surface area contributed by atoms with E-state index in [9.17, 15) is 4.79 Å². The number of anilines is 1. The van der Waals surface area contributed by atoms with Crippen molar-refractivity contribution >= 4 is 27.6 Å². The number of fused-ring (bicyclic) bond motifs is 1. The van der Waals surface area contributed by atoms with Gasteiger partial charge in [0.05, 0.1) is 17.1 Å². The predicted octanol–water partition coefficient (Wildman–Crippen LogP) is 0.699. The molecular weight excluding hydrogens is 226 g/mol. The van der Waals surface area contributed by atoms with Crippen LogP contribution >= 0.6 is 11.3 Å². The highest BCUT2D eigenvalue weighted by atomic mass is 32.1. The number of nitrogens with zero attached hydrogens (tertiary/aromatic N) is 3. The van der Waals surface area contributed by atoms with E-state index in [1.54, 1.807) is 6.20 Å². The summed E-state index contributed by atoms with van der Waals surface area (Å²) >= 11 is 1.11. The molecule has 1 atom stereocenters. The van der Waals surface area contributed by atoms with Gasteiger partial charge in [-0.2, -0.15) is 4.98 Å². The van der Waals surface area contributed by atoms with Crippen molar-refractivity contribution in [2.24, 2.45) is 0 Å². The lowest BCUT2D eigenvalue weighted by molar-refractivity contribution is 0.342. The molecule has 2 rings (SSSR count). The molecule has 0 saturated heterocycles. The minimum absolute atomic E-state index is 0.109. The Morgan fingerprint density at radius 1 is 1.56 bits per heavy atom. The van der Waals surface area contributed by atoms with Crippen molar-refractivity contribution < 1.29 is 0 Å². The first-order valence-electron chi connectivity index (χ1n) is 4.85. The average Bonchev–Trinajstić information content (AvgIpc) is 2.57. The third kappa shape index (κ3) is 2.20. The first kappa shape index (κ1) is 11.0. The van der Waals surface area contributed by atoms with Crippen LogP contribution in [0, 0.1) is 0 Å². The summed E-state index contributed by atoms with van der Waals surface area (Å²) in [6.07, 6.45) is 1.78. The Morgan fingerprint density at radius 3 is 3.00 bits per heavy atom. The first-order chi connectivity index (χ1) is 7.56. The number of aromatic nitrogens is 3. The van der Waals surface area contributed by atoms with Gasteiger partial charge in [-0.1, -0.05) is 11.3 Å². The molecule has 16 heavy (non-hydrogen) atoms. The van der Waals surface area contributed by atoms with Gasteiger partial charge in [-0.3, -0.25) is 14.7 Å². The summed E-state index contributed by atoms with van der Waals surface area (Å²) in [7, 11) is 3.92. The van der Waals surface area contributed by atoms with Crippen LogP contribution in [0.4, 0.5) is 5.95 Å². The molecule has 0 aliphatic heterocycles. The molecule has 0 aromatic carbocycles. The molecule has 0 bridgehead atoms. The summed E-state index contributed by atoms with van der Waals surface area (Å²) < 4.78 is 0.771. The monoisotopic (exact) mass is 239 g/mol. The largest absolute Gasteiger partial charge is 0.339 e. The zero-order chi connectivity index (χ0) is 11.7. The second-order valence-corrected chi connectivity index (χ2v) is 4.72. The van der Waals surface area contributed by atoms with Crippen LogP contribution in [0.1, 0.15) is 6.92 Å².